The van der Waals surface area contributed by atoms with E-state index in [1.807, 2.05) is 17.0 Å². The van der Waals surface area contributed by atoms with E-state index < -0.39 is 0 Å². The number of rotatable bonds is 5. The average Bonchev–Trinajstić information content (AvgIpc) is 2.48. The maximum absolute atomic E-state index is 12.3. The van der Waals surface area contributed by atoms with Gasteiger partial charge in [0.25, 0.3) is 0 Å². The average molecular weight is 276 g/mol. The van der Waals surface area contributed by atoms with Crippen LogP contribution in [0.1, 0.15) is 11.1 Å². The number of hydrogen-bond donors (Lipinski definition) is 0. The Labute approximate surface area is 121 Å². The summed E-state index contributed by atoms with van der Waals surface area (Å²) in [4.78, 5) is 16.6. The summed E-state index contributed by atoms with van der Waals surface area (Å²) in [6, 6.07) is 8.21. The smallest absolute Gasteiger partial charge is 0.227 e. The summed E-state index contributed by atoms with van der Waals surface area (Å²) in [7, 11) is 1.72. The van der Waals surface area contributed by atoms with E-state index in [9.17, 15) is 4.79 Å². The van der Waals surface area contributed by atoms with Crippen molar-refractivity contribution < 1.29 is 9.53 Å². The number of hydrogen-bond acceptors (Lipinski definition) is 3. The highest BCUT2D eigenvalue weighted by atomic mass is 16.5. The van der Waals surface area contributed by atoms with Crippen molar-refractivity contribution in [1.29, 1.82) is 0 Å². The van der Waals surface area contributed by atoms with Gasteiger partial charge in [0.15, 0.2) is 0 Å². The third-order valence-corrected chi connectivity index (χ3v) is 3.81. The Balaban J connectivity index is 1.78. The third-order valence-electron chi connectivity index (χ3n) is 3.81. The Hall–Kier alpha value is -1.39. The molecule has 0 aliphatic carbocycles. The largest absolute Gasteiger partial charge is 0.383 e. The van der Waals surface area contributed by atoms with Crippen molar-refractivity contribution in [2.45, 2.75) is 13.3 Å². The number of nitrogens with zero attached hydrogens (tertiary/aromatic N) is 2. The van der Waals surface area contributed by atoms with Gasteiger partial charge in [0.1, 0.15) is 0 Å². The molecule has 1 aliphatic rings. The molecule has 20 heavy (non-hydrogen) atoms. The standard InChI is InChI=1S/C16H24N2O2/c1-14-3-5-15(6-4-14)13-16(19)18-9-7-17(8-10-18)11-12-20-2/h3-6H,7-13H2,1-2H3. The molecule has 0 bridgehead atoms. The Morgan fingerprint density at radius 1 is 1.15 bits per heavy atom. The molecule has 2 rings (SSSR count). The predicted molar refractivity (Wildman–Crippen MR) is 79.8 cm³/mol. The van der Waals surface area contributed by atoms with E-state index in [1.54, 1.807) is 7.11 Å². The lowest BCUT2D eigenvalue weighted by molar-refractivity contribution is -0.132. The molecule has 0 N–H and O–H groups in total. The van der Waals surface area contributed by atoms with Crippen LogP contribution in [0.15, 0.2) is 24.3 Å². The molecule has 110 valence electrons. The zero-order valence-electron chi connectivity index (χ0n) is 12.5. The number of amides is 1. The fraction of sp³-hybridized carbons (Fsp3) is 0.562. The van der Waals surface area contributed by atoms with Gasteiger partial charge in [-0.25, -0.2) is 0 Å². The molecule has 1 amide bonds. The van der Waals surface area contributed by atoms with Crippen LogP contribution in [0.5, 0.6) is 0 Å². The van der Waals surface area contributed by atoms with Crippen molar-refractivity contribution in [2.24, 2.45) is 0 Å². The molecule has 1 saturated heterocycles. The first kappa shape index (κ1) is 15.0. The number of piperazine rings is 1. The molecule has 0 atom stereocenters. The SMILES string of the molecule is COCCN1CCN(C(=O)Cc2ccc(C)cc2)CC1. The second kappa shape index (κ2) is 7.41. The molecule has 1 aliphatic heterocycles. The van der Waals surface area contributed by atoms with Crippen LogP contribution in [-0.4, -0.2) is 62.1 Å². The highest BCUT2D eigenvalue weighted by molar-refractivity contribution is 5.78. The lowest BCUT2D eigenvalue weighted by atomic mass is 10.1. The van der Waals surface area contributed by atoms with Crippen LogP contribution < -0.4 is 0 Å². The van der Waals surface area contributed by atoms with Gasteiger partial charge in [-0.05, 0) is 12.5 Å². The van der Waals surface area contributed by atoms with Crippen molar-refractivity contribution >= 4 is 5.91 Å². The molecule has 0 spiro atoms. The van der Waals surface area contributed by atoms with Crippen LogP contribution in [0.2, 0.25) is 0 Å². The number of benzene rings is 1. The van der Waals surface area contributed by atoms with Crippen molar-refractivity contribution in [3.8, 4) is 0 Å². The van der Waals surface area contributed by atoms with Gasteiger partial charge in [0.05, 0.1) is 13.0 Å². The molecular formula is C16H24N2O2. The molecule has 1 aromatic carbocycles. The van der Waals surface area contributed by atoms with Crippen LogP contribution >= 0.6 is 0 Å². The maximum atomic E-state index is 12.3. The van der Waals surface area contributed by atoms with E-state index in [-0.39, 0.29) is 5.91 Å². The molecule has 4 heteroatoms. The summed E-state index contributed by atoms with van der Waals surface area (Å²) in [6.45, 7) is 7.33. The number of aryl methyl sites for hydroxylation is 1. The number of carbonyl (C=O) groups is 1. The summed E-state index contributed by atoms with van der Waals surface area (Å²) in [5.41, 5.74) is 2.33. The summed E-state index contributed by atoms with van der Waals surface area (Å²) < 4.78 is 5.09. The zero-order valence-corrected chi connectivity index (χ0v) is 12.5. The molecule has 1 heterocycles. The van der Waals surface area contributed by atoms with Crippen molar-refractivity contribution in [2.75, 3.05) is 46.4 Å². The lowest BCUT2D eigenvalue weighted by Gasteiger charge is -2.34. The van der Waals surface area contributed by atoms with E-state index in [4.69, 9.17) is 4.74 Å². The van der Waals surface area contributed by atoms with Crippen LogP contribution in [0, 0.1) is 6.92 Å². The van der Waals surface area contributed by atoms with E-state index in [0.717, 1.165) is 44.9 Å². The van der Waals surface area contributed by atoms with Crippen molar-refractivity contribution in [1.82, 2.24) is 9.80 Å². The fourth-order valence-electron chi connectivity index (χ4n) is 2.43. The van der Waals surface area contributed by atoms with E-state index in [1.165, 1.54) is 5.56 Å². The molecule has 0 unspecified atom stereocenters. The fourth-order valence-corrected chi connectivity index (χ4v) is 2.43. The van der Waals surface area contributed by atoms with E-state index in [2.05, 4.69) is 24.0 Å². The Bertz CT molecular complexity index is 423. The minimum Gasteiger partial charge on any atom is -0.383 e. The molecule has 1 fully saturated rings. The van der Waals surface area contributed by atoms with Gasteiger partial charge in [-0.3, -0.25) is 9.69 Å². The van der Waals surface area contributed by atoms with Gasteiger partial charge in [-0.15, -0.1) is 0 Å². The topological polar surface area (TPSA) is 32.8 Å². The van der Waals surface area contributed by atoms with Crippen LogP contribution in [0.4, 0.5) is 0 Å². The minimum atomic E-state index is 0.236. The Morgan fingerprint density at radius 3 is 2.40 bits per heavy atom. The molecule has 0 aromatic heterocycles. The van der Waals surface area contributed by atoms with E-state index >= 15 is 0 Å². The van der Waals surface area contributed by atoms with Gasteiger partial charge >= 0.3 is 0 Å². The van der Waals surface area contributed by atoms with Gasteiger partial charge in [-0.2, -0.15) is 0 Å². The molecule has 4 nitrogen and oxygen atoms in total. The summed E-state index contributed by atoms with van der Waals surface area (Å²) >= 11 is 0. The van der Waals surface area contributed by atoms with Crippen molar-refractivity contribution in [3.05, 3.63) is 35.4 Å². The summed E-state index contributed by atoms with van der Waals surface area (Å²) in [5, 5.41) is 0. The highest BCUT2D eigenvalue weighted by Crippen LogP contribution is 2.08. The van der Waals surface area contributed by atoms with Gasteiger partial charge in [0.2, 0.25) is 5.91 Å². The summed E-state index contributed by atoms with van der Waals surface area (Å²) in [6.07, 6.45) is 0.512. The monoisotopic (exact) mass is 276 g/mol. The van der Waals surface area contributed by atoms with E-state index in [0.29, 0.717) is 6.42 Å². The van der Waals surface area contributed by atoms with Crippen LogP contribution in [-0.2, 0) is 16.0 Å². The van der Waals surface area contributed by atoms with Crippen molar-refractivity contribution in [3.63, 3.8) is 0 Å². The lowest BCUT2D eigenvalue weighted by Crippen LogP contribution is -2.49. The first-order valence-corrected chi connectivity index (χ1v) is 7.23. The maximum Gasteiger partial charge on any atom is 0.227 e. The second-order valence-electron chi connectivity index (χ2n) is 5.38. The third kappa shape index (κ3) is 4.32. The van der Waals surface area contributed by atoms with Gasteiger partial charge in [-0.1, -0.05) is 29.8 Å². The van der Waals surface area contributed by atoms with Crippen LogP contribution in [0.25, 0.3) is 0 Å². The molecule has 0 radical (unpaired) electrons. The molecular weight excluding hydrogens is 252 g/mol. The first-order chi connectivity index (χ1) is 9.69. The predicted octanol–water partition coefficient (Wildman–Crippen LogP) is 1.33. The van der Waals surface area contributed by atoms with Crippen LogP contribution in [0.3, 0.4) is 0 Å². The Morgan fingerprint density at radius 2 is 1.80 bits per heavy atom. The first-order valence-electron chi connectivity index (χ1n) is 7.23. The number of methoxy groups -OCH3 is 1. The number of ether oxygens (including phenoxy) is 1. The number of carbonyl (C=O) groups excluding carboxylic acids is 1. The minimum absolute atomic E-state index is 0.236. The van der Waals surface area contributed by atoms with Gasteiger partial charge in [0, 0.05) is 39.8 Å². The second-order valence-corrected chi connectivity index (χ2v) is 5.38. The quantitative estimate of drug-likeness (QED) is 0.813. The molecule has 1 aromatic rings. The Kier molecular flexibility index (Phi) is 5.56. The normalized spacial score (nSPS) is 16.4. The zero-order chi connectivity index (χ0) is 14.4. The highest BCUT2D eigenvalue weighted by Gasteiger charge is 2.20. The summed E-state index contributed by atoms with van der Waals surface area (Å²) in [5.74, 6) is 0.236. The van der Waals surface area contributed by atoms with Gasteiger partial charge < -0.3 is 9.64 Å². The molecule has 0 saturated carbocycles.